The predicted octanol–water partition coefficient (Wildman–Crippen LogP) is 2.75. The highest BCUT2D eigenvalue weighted by molar-refractivity contribution is 6.41. The Labute approximate surface area is 153 Å². The van der Waals surface area contributed by atoms with Crippen molar-refractivity contribution in [2.45, 2.75) is 20.0 Å². The third-order valence-electron chi connectivity index (χ3n) is 3.55. The number of hydrogen-bond acceptors (Lipinski definition) is 4. The molecular weight excluding hydrogens is 372 g/mol. The van der Waals surface area contributed by atoms with Crippen LogP contribution >= 0.6 is 23.2 Å². The molecule has 6 nitrogen and oxygen atoms in total. The molecule has 0 N–H and O–H groups in total. The van der Waals surface area contributed by atoms with Gasteiger partial charge >= 0.3 is 0 Å². The number of rotatable bonds is 6. The van der Waals surface area contributed by atoms with Crippen LogP contribution in [0.15, 0.2) is 29.2 Å². The van der Waals surface area contributed by atoms with Crippen LogP contribution in [-0.2, 0) is 17.9 Å². The zero-order chi connectivity index (χ0) is 18.6. The van der Waals surface area contributed by atoms with Gasteiger partial charge in [-0.15, -0.1) is 0 Å². The van der Waals surface area contributed by atoms with Crippen molar-refractivity contribution in [3.63, 3.8) is 0 Å². The summed E-state index contributed by atoms with van der Waals surface area (Å²) in [6.45, 7) is 2.06. The van der Waals surface area contributed by atoms with E-state index in [0.717, 1.165) is 4.68 Å². The number of ether oxygens (including phenoxy) is 1. The van der Waals surface area contributed by atoms with Crippen LogP contribution in [0.4, 0.5) is 4.39 Å². The Balaban J connectivity index is 2.15. The number of carbonyl (C=O) groups excluding carboxylic acids is 1. The monoisotopic (exact) mass is 387 g/mol. The quantitative estimate of drug-likeness (QED) is 0.764. The highest BCUT2D eigenvalue weighted by Crippen LogP contribution is 2.19. The van der Waals surface area contributed by atoms with E-state index in [2.05, 4.69) is 5.10 Å². The Morgan fingerprint density at radius 1 is 1.40 bits per heavy atom. The van der Waals surface area contributed by atoms with Gasteiger partial charge < -0.3 is 9.64 Å². The van der Waals surface area contributed by atoms with Crippen LogP contribution in [0.2, 0.25) is 10.0 Å². The van der Waals surface area contributed by atoms with Gasteiger partial charge in [-0.25, -0.2) is 9.07 Å². The fourth-order valence-electron chi connectivity index (χ4n) is 2.19. The van der Waals surface area contributed by atoms with Gasteiger partial charge in [0, 0.05) is 13.1 Å². The fraction of sp³-hybridized carbons (Fsp3) is 0.312. The molecule has 0 bridgehead atoms. The maximum Gasteiger partial charge on any atom is 0.287 e. The minimum Gasteiger partial charge on any atom is -0.494 e. The van der Waals surface area contributed by atoms with Gasteiger partial charge in [-0.2, -0.15) is 5.10 Å². The van der Waals surface area contributed by atoms with Gasteiger partial charge in [0.25, 0.3) is 5.56 Å². The second-order valence-corrected chi connectivity index (χ2v) is 5.93. The van der Waals surface area contributed by atoms with Crippen LogP contribution in [0, 0.1) is 5.82 Å². The lowest BCUT2D eigenvalue weighted by molar-refractivity contribution is -0.132. The molecule has 0 saturated carbocycles. The molecule has 0 fully saturated rings. The Hall–Kier alpha value is -2.12. The highest BCUT2D eigenvalue weighted by atomic mass is 35.5. The van der Waals surface area contributed by atoms with Crippen molar-refractivity contribution in [2.75, 3.05) is 13.7 Å². The minimum atomic E-state index is -0.644. The Morgan fingerprint density at radius 2 is 2.12 bits per heavy atom. The number of nitrogens with zero attached hydrogens (tertiary/aromatic N) is 3. The number of amides is 1. The van der Waals surface area contributed by atoms with E-state index < -0.39 is 11.4 Å². The Kier molecular flexibility index (Phi) is 6.39. The first-order valence-corrected chi connectivity index (χ1v) is 8.14. The summed E-state index contributed by atoms with van der Waals surface area (Å²) in [6, 6.07) is 4.47. The van der Waals surface area contributed by atoms with Gasteiger partial charge in [0.1, 0.15) is 11.6 Å². The smallest absolute Gasteiger partial charge is 0.287 e. The molecular formula is C16H16Cl2FN3O3. The molecule has 9 heteroatoms. The third kappa shape index (κ3) is 4.49. The lowest BCUT2D eigenvalue weighted by atomic mass is 10.2. The van der Waals surface area contributed by atoms with Crippen molar-refractivity contribution in [1.82, 2.24) is 14.7 Å². The first kappa shape index (κ1) is 19.2. The van der Waals surface area contributed by atoms with Gasteiger partial charge in [-0.05, 0) is 24.6 Å². The molecule has 0 saturated heterocycles. The molecule has 0 aliphatic rings. The molecule has 0 unspecified atom stereocenters. The molecule has 0 aliphatic carbocycles. The van der Waals surface area contributed by atoms with Crippen LogP contribution in [0.3, 0.4) is 0 Å². The van der Waals surface area contributed by atoms with Crippen molar-refractivity contribution in [3.05, 3.63) is 56.2 Å². The van der Waals surface area contributed by atoms with E-state index >= 15 is 0 Å². The van der Waals surface area contributed by atoms with E-state index in [1.165, 1.54) is 30.3 Å². The Bertz CT molecular complexity index is 842. The normalized spacial score (nSPS) is 10.6. The number of benzene rings is 1. The second-order valence-electron chi connectivity index (χ2n) is 5.15. The van der Waals surface area contributed by atoms with Gasteiger partial charge in [0.15, 0.2) is 11.6 Å². The number of methoxy groups -OCH3 is 1. The van der Waals surface area contributed by atoms with Crippen molar-refractivity contribution in [1.29, 1.82) is 0 Å². The maximum atomic E-state index is 13.8. The maximum absolute atomic E-state index is 13.8. The summed E-state index contributed by atoms with van der Waals surface area (Å²) in [6.07, 6.45) is 1.20. The lowest BCUT2D eigenvalue weighted by Crippen LogP contribution is -2.37. The molecule has 2 rings (SSSR count). The lowest BCUT2D eigenvalue weighted by Gasteiger charge is -2.21. The topological polar surface area (TPSA) is 64.4 Å². The average Bonchev–Trinajstić information content (AvgIpc) is 2.60. The molecule has 1 aromatic heterocycles. The van der Waals surface area contributed by atoms with Crippen LogP contribution in [0.1, 0.15) is 12.5 Å². The molecule has 2 aromatic rings. The fourth-order valence-corrected chi connectivity index (χ4v) is 2.46. The molecule has 0 atom stereocenters. The summed E-state index contributed by atoms with van der Waals surface area (Å²) in [4.78, 5) is 25.9. The molecule has 25 heavy (non-hydrogen) atoms. The van der Waals surface area contributed by atoms with Gasteiger partial charge in [0.2, 0.25) is 5.91 Å². The highest BCUT2D eigenvalue weighted by Gasteiger charge is 2.17. The van der Waals surface area contributed by atoms with Gasteiger partial charge in [0.05, 0.1) is 18.3 Å². The van der Waals surface area contributed by atoms with Gasteiger partial charge in [-0.3, -0.25) is 9.59 Å². The van der Waals surface area contributed by atoms with E-state index in [9.17, 15) is 14.0 Å². The van der Waals surface area contributed by atoms with E-state index in [1.807, 2.05) is 0 Å². The largest absolute Gasteiger partial charge is 0.494 e. The average molecular weight is 388 g/mol. The predicted molar refractivity (Wildman–Crippen MR) is 92.6 cm³/mol. The summed E-state index contributed by atoms with van der Waals surface area (Å²) >= 11 is 11.5. The van der Waals surface area contributed by atoms with E-state index in [1.54, 1.807) is 13.0 Å². The molecule has 1 heterocycles. The second kappa shape index (κ2) is 8.31. The molecule has 1 amide bonds. The summed E-state index contributed by atoms with van der Waals surface area (Å²) in [5.74, 6) is -0.734. The summed E-state index contributed by atoms with van der Waals surface area (Å²) in [5.41, 5.74) is -0.0444. The molecule has 0 aliphatic heterocycles. The number of carbonyl (C=O) groups is 1. The van der Waals surface area contributed by atoms with Crippen molar-refractivity contribution in [2.24, 2.45) is 0 Å². The van der Waals surface area contributed by atoms with Crippen LogP contribution in [0.25, 0.3) is 0 Å². The number of aromatic nitrogens is 2. The van der Waals surface area contributed by atoms with E-state index in [-0.39, 0.29) is 34.8 Å². The third-order valence-corrected chi connectivity index (χ3v) is 4.30. The minimum absolute atomic E-state index is 0.0245. The van der Waals surface area contributed by atoms with Gasteiger partial charge in [-0.1, -0.05) is 29.3 Å². The van der Waals surface area contributed by atoms with Crippen molar-refractivity contribution < 1.29 is 13.9 Å². The molecule has 1 aromatic carbocycles. The molecule has 134 valence electrons. The van der Waals surface area contributed by atoms with E-state index in [0.29, 0.717) is 12.1 Å². The van der Waals surface area contributed by atoms with Crippen LogP contribution < -0.4 is 10.3 Å². The standard InChI is InChI=1S/C16H16Cl2FN3O3/c1-3-21(8-10-4-5-13(25-2)12(19)6-10)14(23)9-22-16(24)15(18)11(17)7-20-22/h4-7H,3,8-9H2,1-2H3. The summed E-state index contributed by atoms with van der Waals surface area (Å²) in [7, 11) is 1.38. The number of hydrogen-bond donors (Lipinski definition) is 0. The number of halogens is 3. The first-order valence-electron chi connectivity index (χ1n) is 7.38. The SMILES string of the molecule is CCN(Cc1ccc(OC)c(F)c1)C(=O)Cn1ncc(Cl)c(Cl)c1=O. The van der Waals surface area contributed by atoms with Crippen LogP contribution in [-0.4, -0.2) is 34.2 Å². The summed E-state index contributed by atoms with van der Waals surface area (Å²) < 4.78 is 19.6. The summed E-state index contributed by atoms with van der Waals surface area (Å²) in [5, 5.41) is 3.64. The zero-order valence-corrected chi connectivity index (χ0v) is 15.1. The van der Waals surface area contributed by atoms with Crippen molar-refractivity contribution >= 4 is 29.1 Å². The molecule has 0 radical (unpaired) electrons. The first-order chi connectivity index (χ1) is 11.9. The van der Waals surface area contributed by atoms with E-state index in [4.69, 9.17) is 27.9 Å². The Morgan fingerprint density at radius 3 is 2.72 bits per heavy atom. The molecule has 0 spiro atoms. The zero-order valence-electron chi connectivity index (χ0n) is 13.6. The van der Waals surface area contributed by atoms with Crippen LogP contribution in [0.5, 0.6) is 5.75 Å². The van der Waals surface area contributed by atoms with Crippen molar-refractivity contribution in [3.8, 4) is 5.75 Å². The number of likely N-dealkylation sites (N-methyl/N-ethyl adjacent to an activating group) is 1.